The number of nitriles is 1. The molecule has 0 atom stereocenters. The van der Waals surface area contributed by atoms with Crippen molar-refractivity contribution in [2.45, 2.75) is 44.3 Å². The lowest BCUT2D eigenvalue weighted by atomic mass is 9.86. The quantitative estimate of drug-likeness (QED) is 0.764. The maximum Gasteiger partial charge on any atom is 0.235 e. The first-order chi connectivity index (χ1) is 12.7. The third-order valence-corrected chi connectivity index (χ3v) is 5.72. The molecule has 3 rings (SSSR count). The number of benzene rings is 1. The number of anilines is 1. The van der Waals surface area contributed by atoms with Gasteiger partial charge in [0.05, 0.1) is 17.4 Å². The summed E-state index contributed by atoms with van der Waals surface area (Å²) in [7, 11) is 0. The number of aromatic nitrogens is 2. The van der Waals surface area contributed by atoms with Crippen LogP contribution in [0.25, 0.3) is 0 Å². The Morgan fingerprint density at radius 1 is 1.27 bits per heavy atom. The first-order valence-corrected chi connectivity index (χ1v) is 10.3. The van der Waals surface area contributed by atoms with Crippen LogP contribution < -0.4 is 5.32 Å². The van der Waals surface area contributed by atoms with Crippen molar-refractivity contribution in [3.63, 3.8) is 0 Å². The Labute approximate surface area is 158 Å². The Morgan fingerprint density at radius 3 is 2.77 bits per heavy atom. The molecule has 0 radical (unpaired) electrons. The first-order valence-electron chi connectivity index (χ1n) is 9.14. The molecule has 1 amide bonds. The maximum absolute atomic E-state index is 12.1. The van der Waals surface area contributed by atoms with E-state index in [-0.39, 0.29) is 5.91 Å². The van der Waals surface area contributed by atoms with E-state index >= 15 is 0 Å². The van der Waals surface area contributed by atoms with Crippen molar-refractivity contribution in [3.8, 4) is 6.07 Å². The predicted molar refractivity (Wildman–Crippen MR) is 105 cm³/mol. The van der Waals surface area contributed by atoms with Gasteiger partial charge in [0.2, 0.25) is 5.91 Å². The van der Waals surface area contributed by atoms with E-state index in [1.807, 2.05) is 18.2 Å². The summed E-state index contributed by atoms with van der Waals surface area (Å²) in [6.45, 7) is 0. The van der Waals surface area contributed by atoms with E-state index < -0.39 is 0 Å². The molecule has 2 aromatic rings. The van der Waals surface area contributed by atoms with Crippen LogP contribution in [-0.2, 0) is 17.0 Å². The fraction of sp³-hybridized carbons (Fsp3) is 0.450. The van der Waals surface area contributed by atoms with Gasteiger partial charge < -0.3 is 5.32 Å². The molecule has 1 saturated carbocycles. The molecule has 1 aliphatic rings. The van der Waals surface area contributed by atoms with Gasteiger partial charge in [0.1, 0.15) is 0 Å². The SMILES string of the molecule is N#Cc1ccc(CSCC(=O)Nc2cc(CC3CCCCC3)[nH]n2)cc1. The highest BCUT2D eigenvalue weighted by Crippen LogP contribution is 2.26. The van der Waals surface area contributed by atoms with Gasteiger partial charge in [-0.15, -0.1) is 11.8 Å². The minimum absolute atomic E-state index is 0.0423. The van der Waals surface area contributed by atoms with Gasteiger partial charge in [-0.05, 0) is 30.0 Å². The van der Waals surface area contributed by atoms with Gasteiger partial charge in [-0.2, -0.15) is 10.4 Å². The molecule has 136 valence electrons. The fourth-order valence-electron chi connectivity index (χ4n) is 3.35. The number of nitrogens with one attached hydrogen (secondary N) is 2. The van der Waals surface area contributed by atoms with Crippen molar-refractivity contribution in [1.82, 2.24) is 10.2 Å². The van der Waals surface area contributed by atoms with Gasteiger partial charge in [0.25, 0.3) is 0 Å². The summed E-state index contributed by atoms with van der Waals surface area (Å²) >= 11 is 1.55. The van der Waals surface area contributed by atoms with Crippen molar-refractivity contribution in [1.29, 1.82) is 5.26 Å². The number of amides is 1. The van der Waals surface area contributed by atoms with Crippen LogP contribution in [0.5, 0.6) is 0 Å². The van der Waals surface area contributed by atoms with E-state index in [0.29, 0.717) is 17.1 Å². The lowest BCUT2D eigenvalue weighted by Crippen LogP contribution is -2.14. The Balaban J connectivity index is 1.39. The van der Waals surface area contributed by atoms with Gasteiger partial charge >= 0.3 is 0 Å². The van der Waals surface area contributed by atoms with Crippen molar-refractivity contribution < 1.29 is 4.79 Å². The average Bonchev–Trinajstić information content (AvgIpc) is 3.10. The summed E-state index contributed by atoms with van der Waals surface area (Å²) in [5, 5.41) is 18.9. The van der Waals surface area contributed by atoms with Gasteiger partial charge in [-0.25, -0.2) is 0 Å². The summed E-state index contributed by atoms with van der Waals surface area (Å²) < 4.78 is 0. The lowest BCUT2D eigenvalue weighted by Gasteiger charge is -2.20. The molecule has 0 aliphatic heterocycles. The standard InChI is InChI=1S/C20H24N4OS/c21-12-16-6-8-17(9-7-16)13-26-14-20(25)22-19-11-18(23-24-19)10-15-4-2-1-3-5-15/h6-9,11,15H,1-5,10,13-14H2,(H2,22,23,24,25). The van der Waals surface area contributed by atoms with E-state index in [9.17, 15) is 4.79 Å². The monoisotopic (exact) mass is 368 g/mol. The number of carbonyl (C=O) groups excluding carboxylic acids is 1. The minimum atomic E-state index is -0.0423. The number of thioether (sulfide) groups is 1. The zero-order valence-corrected chi connectivity index (χ0v) is 15.6. The van der Waals surface area contributed by atoms with Crippen LogP contribution in [0.4, 0.5) is 5.82 Å². The number of carbonyl (C=O) groups is 1. The Hall–Kier alpha value is -2.26. The molecule has 0 saturated heterocycles. The summed E-state index contributed by atoms with van der Waals surface area (Å²) in [5.41, 5.74) is 2.87. The van der Waals surface area contributed by atoms with Gasteiger partial charge in [0.15, 0.2) is 5.82 Å². The number of nitrogens with zero attached hydrogens (tertiary/aromatic N) is 2. The maximum atomic E-state index is 12.1. The molecular weight excluding hydrogens is 344 g/mol. The van der Waals surface area contributed by atoms with Crippen LogP contribution in [-0.4, -0.2) is 21.9 Å². The number of rotatable bonds is 7. The second kappa shape index (κ2) is 9.44. The highest BCUT2D eigenvalue weighted by atomic mass is 32.2. The largest absolute Gasteiger partial charge is 0.308 e. The second-order valence-corrected chi connectivity index (χ2v) is 7.82. The minimum Gasteiger partial charge on any atom is -0.308 e. The molecule has 26 heavy (non-hydrogen) atoms. The van der Waals surface area contributed by atoms with Crippen LogP contribution in [0.3, 0.4) is 0 Å². The molecule has 1 aromatic heterocycles. The summed E-state index contributed by atoms with van der Waals surface area (Å²) in [6.07, 6.45) is 7.65. The van der Waals surface area contributed by atoms with Gasteiger partial charge in [-0.1, -0.05) is 44.2 Å². The van der Waals surface area contributed by atoms with Crippen LogP contribution in [0.2, 0.25) is 0 Å². The highest BCUT2D eigenvalue weighted by Gasteiger charge is 2.15. The molecule has 5 nitrogen and oxygen atoms in total. The van der Waals surface area contributed by atoms with E-state index in [4.69, 9.17) is 5.26 Å². The fourth-order valence-corrected chi connectivity index (χ4v) is 4.14. The van der Waals surface area contributed by atoms with E-state index in [1.54, 1.807) is 23.9 Å². The number of hydrogen-bond acceptors (Lipinski definition) is 4. The molecular formula is C20H24N4OS. The van der Waals surface area contributed by atoms with Crippen LogP contribution in [0, 0.1) is 17.2 Å². The molecule has 0 unspecified atom stereocenters. The van der Waals surface area contributed by atoms with Crippen molar-refractivity contribution >= 4 is 23.5 Å². The smallest absolute Gasteiger partial charge is 0.235 e. The van der Waals surface area contributed by atoms with E-state index in [1.165, 1.54) is 32.1 Å². The molecule has 1 heterocycles. The number of H-pyrrole nitrogens is 1. The zero-order chi connectivity index (χ0) is 18.2. The Bertz CT molecular complexity index is 757. The van der Waals surface area contributed by atoms with Crippen LogP contribution >= 0.6 is 11.8 Å². The van der Waals surface area contributed by atoms with Gasteiger partial charge in [-0.3, -0.25) is 9.89 Å². The molecule has 2 N–H and O–H groups in total. The third-order valence-electron chi connectivity index (χ3n) is 4.72. The molecule has 0 spiro atoms. The lowest BCUT2D eigenvalue weighted by molar-refractivity contribution is -0.113. The summed E-state index contributed by atoms with van der Waals surface area (Å²) in [4.78, 5) is 12.1. The summed E-state index contributed by atoms with van der Waals surface area (Å²) in [5.74, 6) is 2.44. The highest BCUT2D eigenvalue weighted by molar-refractivity contribution is 7.99. The van der Waals surface area contributed by atoms with Crippen molar-refractivity contribution in [2.24, 2.45) is 5.92 Å². The first kappa shape index (κ1) is 18.5. The van der Waals surface area contributed by atoms with Crippen LogP contribution in [0.1, 0.15) is 48.9 Å². The van der Waals surface area contributed by atoms with Crippen LogP contribution in [0.15, 0.2) is 30.3 Å². The zero-order valence-electron chi connectivity index (χ0n) is 14.8. The second-order valence-electron chi connectivity index (χ2n) is 6.84. The third kappa shape index (κ3) is 5.63. The Morgan fingerprint density at radius 2 is 2.04 bits per heavy atom. The van der Waals surface area contributed by atoms with E-state index in [2.05, 4.69) is 21.6 Å². The normalized spacial score (nSPS) is 14.7. The van der Waals surface area contributed by atoms with Crippen molar-refractivity contribution in [2.75, 3.05) is 11.1 Å². The molecule has 1 fully saturated rings. The molecule has 1 aliphatic carbocycles. The van der Waals surface area contributed by atoms with Crippen molar-refractivity contribution in [3.05, 3.63) is 47.2 Å². The van der Waals surface area contributed by atoms with E-state index in [0.717, 1.165) is 29.3 Å². The molecule has 0 bridgehead atoms. The topological polar surface area (TPSA) is 81.6 Å². The number of aromatic amines is 1. The Kier molecular flexibility index (Phi) is 6.73. The molecule has 1 aromatic carbocycles. The average molecular weight is 369 g/mol. The number of hydrogen-bond donors (Lipinski definition) is 2. The summed E-state index contributed by atoms with van der Waals surface area (Å²) in [6, 6.07) is 11.5. The predicted octanol–water partition coefficient (Wildman–Crippen LogP) is 4.28. The van der Waals surface area contributed by atoms with Gasteiger partial charge in [0, 0.05) is 17.5 Å². The molecule has 6 heteroatoms.